The maximum absolute atomic E-state index is 6.03. The van der Waals surface area contributed by atoms with Gasteiger partial charge in [0.05, 0.1) is 0 Å². The Kier molecular flexibility index (Phi) is 4.04. The first-order chi connectivity index (χ1) is 8.58. The molecule has 1 atom stereocenters. The molecule has 0 aliphatic heterocycles. The first kappa shape index (κ1) is 13.1. The van der Waals surface area contributed by atoms with Crippen LogP contribution in [0.2, 0.25) is 5.02 Å². The van der Waals surface area contributed by atoms with Gasteiger partial charge >= 0.3 is 0 Å². The molecule has 0 aliphatic rings. The summed E-state index contributed by atoms with van der Waals surface area (Å²) < 4.78 is 1.04. The van der Waals surface area contributed by atoms with Gasteiger partial charge in [-0.2, -0.15) is 0 Å². The van der Waals surface area contributed by atoms with Crippen LogP contribution in [0.3, 0.4) is 0 Å². The third-order valence-electron chi connectivity index (χ3n) is 2.54. The molecule has 1 heterocycles. The maximum Gasteiger partial charge on any atom is 0.150 e. The third kappa shape index (κ3) is 2.91. The van der Waals surface area contributed by atoms with Crippen molar-refractivity contribution in [2.45, 2.75) is 13.0 Å². The lowest BCUT2D eigenvalue weighted by molar-refractivity contribution is 0.872. The molecule has 3 N–H and O–H groups in total. The van der Waals surface area contributed by atoms with E-state index in [4.69, 9.17) is 17.3 Å². The number of hydrogen-bond acceptors (Lipinski definition) is 4. The normalized spacial score (nSPS) is 12.2. The Morgan fingerprint density at radius 2 is 1.94 bits per heavy atom. The molecule has 18 heavy (non-hydrogen) atoms. The molecule has 1 aromatic carbocycles. The quantitative estimate of drug-likeness (QED) is 0.903. The minimum Gasteiger partial charge on any atom is -0.382 e. The lowest BCUT2D eigenvalue weighted by atomic mass is 10.1. The van der Waals surface area contributed by atoms with Crippen molar-refractivity contribution in [1.29, 1.82) is 0 Å². The van der Waals surface area contributed by atoms with Gasteiger partial charge in [-0.1, -0.05) is 39.7 Å². The topological polar surface area (TPSA) is 63.8 Å². The summed E-state index contributed by atoms with van der Waals surface area (Å²) in [6.07, 6.45) is 1.39. The van der Waals surface area contributed by atoms with Crippen molar-refractivity contribution >= 4 is 39.2 Å². The van der Waals surface area contributed by atoms with E-state index in [1.807, 2.05) is 31.2 Å². The molecule has 0 amide bonds. The largest absolute Gasteiger partial charge is 0.382 e. The van der Waals surface area contributed by atoms with E-state index in [9.17, 15) is 0 Å². The Bertz CT molecular complexity index is 544. The molecule has 2 aromatic rings. The van der Waals surface area contributed by atoms with Gasteiger partial charge in [-0.15, -0.1) is 0 Å². The zero-order valence-corrected chi connectivity index (χ0v) is 12.0. The number of nitrogen functional groups attached to an aromatic ring is 1. The van der Waals surface area contributed by atoms with E-state index in [0.717, 1.165) is 10.0 Å². The second kappa shape index (κ2) is 5.54. The first-order valence-corrected chi connectivity index (χ1v) is 6.53. The number of anilines is 2. The second-order valence-corrected chi connectivity index (χ2v) is 5.13. The number of nitrogens with two attached hydrogens (primary N) is 1. The highest BCUT2D eigenvalue weighted by Gasteiger charge is 2.10. The predicted molar refractivity (Wildman–Crippen MR) is 77.6 cm³/mol. The molecule has 2 rings (SSSR count). The minimum absolute atomic E-state index is 0.0740. The molecule has 0 aliphatic carbocycles. The lowest BCUT2D eigenvalue weighted by Crippen LogP contribution is -2.09. The van der Waals surface area contributed by atoms with Crippen molar-refractivity contribution in [2.24, 2.45) is 0 Å². The summed E-state index contributed by atoms with van der Waals surface area (Å²) in [6.45, 7) is 2.03. The SMILES string of the molecule is CC(Nc1ncnc(N)c1Cl)c1ccc(Br)cc1. The Labute approximate surface area is 119 Å². The molecule has 4 nitrogen and oxygen atoms in total. The second-order valence-electron chi connectivity index (χ2n) is 3.84. The monoisotopic (exact) mass is 326 g/mol. The summed E-state index contributed by atoms with van der Waals surface area (Å²) in [5.74, 6) is 0.816. The number of aromatic nitrogens is 2. The van der Waals surface area contributed by atoms with Gasteiger partial charge in [0.2, 0.25) is 0 Å². The summed E-state index contributed by atoms with van der Waals surface area (Å²) in [7, 11) is 0. The highest BCUT2D eigenvalue weighted by atomic mass is 79.9. The van der Waals surface area contributed by atoms with Crippen molar-refractivity contribution in [3.63, 3.8) is 0 Å². The van der Waals surface area contributed by atoms with E-state index in [1.165, 1.54) is 6.33 Å². The van der Waals surface area contributed by atoms with Crippen molar-refractivity contribution in [1.82, 2.24) is 9.97 Å². The molecular formula is C12H12BrClN4. The molecule has 0 radical (unpaired) electrons. The van der Waals surface area contributed by atoms with Gasteiger partial charge in [-0.05, 0) is 24.6 Å². The Morgan fingerprint density at radius 1 is 1.28 bits per heavy atom. The molecule has 0 saturated heterocycles. The number of benzene rings is 1. The Balaban J connectivity index is 2.18. The van der Waals surface area contributed by atoms with Crippen LogP contribution in [0.4, 0.5) is 11.6 Å². The number of nitrogens with one attached hydrogen (secondary N) is 1. The highest BCUT2D eigenvalue weighted by Crippen LogP contribution is 2.27. The molecule has 1 aromatic heterocycles. The van der Waals surface area contributed by atoms with Crippen LogP contribution in [0, 0.1) is 0 Å². The number of nitrogens with zero attached hydrogens (tertiary/aromatic N) is 2. The first-order valence-electron chi connectivity index (χ1n) is 5.36. The third-order valence-corrected chi connectivity index (χ3v) is 3.44. The minimum atomic E-state index is 0.0740. The Morgan fingerprint density at radius 3 is 2.61 bits per heavy atom. The van der Waals surface area contributed by atoms with E-state index in [-0.39, 0.29) is 11.9 Å². The van der Waals surface area contributed by atoms with Gasteiger partial charge in [-0.3, -0.25) is 0 Å². The fourth-order valence-corrected chi connectivity index (χ4v) is 1.94. The number of rotatable bonds is 3. The van der Waals surface area contributed by atoms with E-state index >= 15 is 0 Å². The molecule has 1 unspecified atom stereocenters. The summed E-state index contributed by atoms with van der Waals surface area (Å²) in [4.78, 5) is 7.90. The van der Waals surface area contributed by atoms with Gasteiger partial charge in [0.1, 0.15) is 17.2 Å². The predicted octanol–water partition coefficient (Wildman–Crippen LogP) is 3.65. The fraction of sp³-hybridized carbons (Fsp3) is 0.167. The van der Waals surface area contributed by atoms with Crippen LogP contribution in [0.15, 0.2) is 35.1 Å². The molecule has 0 saturated carbocycles. The van der Waals surface area contributed by atoms with Crippen molar-refractivity contribution < 1.29 is 0 Å². The van der Waals surface area contributed by atoms with E-state index < -0.39 is 0 Å². The molecular weight excluding hydrogens is 316 g/mol. The lowest BCUT2D eigenvalue weighted by Gasteiger charge is -2.16. The van der Waals surface area contributed by atoms with Crippen LogP contribution in [0.5, 0.6) is 0 Å². The van der Waals surface area contributed by atoms with Gasteiger partial charge in [0.25, 0.3) is 0 Å². The molecule has 0 spiro atoms. The molecule has 0 fully saturated rings. The fourth-order valence-electron chi connectivity index (χ4n) is 1.52. The van der Waals surface area contributed by atoms with Crippen LogP contribution in [0.25, 0.3) is 0 Å². The average Bonchev–Trinajstić information content (AvgIpc) is 2.36. The Hall–Kier alpha value is -1.33. The zero-order valence-electron chi connectivity index (χ0n) is 9.69. The molecule has 6 heteroatoms. The van der Waals surface area contributed by atoms with E-state index in [0.29, 0.717) is 10.8 Å². The van der Waals surface area contributed by atoms with E-state index in [2.05, 4.69) is 31.2 Å². The van der Waals surface area contributed by atoms with Crippen LogP contribution < -0.4 is 11.1 Å². The van der Waals surface area contributed by atoms with Gasteiger partial charge in [0, 0.05) is 10.5 Å². The van der Waals surface area contributed by atoms with Crippen molar-refractivity contribution in [3.8, 4) is 0 Å². The van der Waals surface area contributed by atoms with Crippen LogP contribution in [-0.4, -0.2) is 9.97 Å². The standard InChI is InChI=1S/C12H12BrClN4/c1-7(8-2-4-9(13)5-3-8)18-12-10(14)11(15)16-6-17-12/h2-7H,1H3,(H3,15,16,17,18). The average molecular weight is 328 g/mol. The number of hydrogen-bond donors (Lipinski definition) is 2. The van der Waals surface area contributed by atoms with E-state index in [1.54, 1.807) is 0 Å². The van der Waals surface area contributed by atoms with Crippen molar-refractivity contribution in [2.75, 3.05) is 11.1 Å². The van der Waals surface area contributed by atoms with Crippen molar-refractivity contribution in [3.05, 3.63) is 45.7 Å². The van der Waals surface area contributed by atoms with Gasteiger partial charge in [0.15, 0.2) is 5.82 Å². The van der Waals surface area contributed by atoms with Gasteiger partial charge < -0.3 is 11.1 Å². The summed E-state index contributed by atoms with van der Waals surface area (Å²) >= 11 is 9.43. The van der Waals surface area contributed by atoms with Gasteiger partial charge in [-0.25, -0.2) is 9.97 Å². The maximum atomic E-state index is 6.03. The summed E-state index contributed by atoms with van der Waals surface area (Å²) in [6, 6.07) is 8.11. The zero-order chi connectivity index (χ0) is 13.1. The van der Waals surface area contributed by atoms with Crippen LogP contribution in [0.1, 0.15) is 18.5 Å². The smallest absolute Gasteiger partial charge is 0.150 e. The molecule has 94 valence electrons. The summed E-state index contributed by atoms with van der Waals surface area (Å²) in [5.41, 5.74) is 6.76. The van der Waals surface area contributed by atoms with Crippen LogP contribution in [-0.2, 0) is 0 Å². The molecule has 0 bridgehead atoms. The number of halogens is 2. The highest BCUT2D eigenvalue weighted by molar-refractivity contribution is 9.10. The summed E-state index contributed by atoms with van der Waals surface area (Å²) in [5, 5.41) is 3.56. The van der Waals surface area contributed by atoms with Crippen LogP contribution >= 0.6 is 27.5 Å².